The molecule has 12 heavy (non-hydrogen) atoms. The highest BCUT2D eigenvalue weighted by Gasteiger charge is 1.92. The standard InChI is InChI=1S/C9H12INO/c1-2-3-6-12-8-4-5-9(10)11-7-8/h4-5,7H,2-3,6H2,1H3. The number of rotatable bonds is 4. The molecule has 66 valence electrons. The number of hydrogen-bond donors (Lipinski definition) is 0. The Balaban J connectivity index is 2.37. The molecular weight excluding hydrogens is 265 g/mol. The maximum Gasteiger partial charge on any atom is 0.137 e. The summed E-state index contributed by atoms with van der Waals surface area (Å²) >= 11 is 2.17. The van der Waals surface area contributed by atoms with E-state index in [1.54, 1.807) is 6.20 Å². The first-order valence-corrected chi connectivity index (χ1v) is 5.15. The highest BCUT2D eigenvalue weighted by molar-refractivity contribution is 14.1. The van der Waals surface area contributed by atoms with Gasteiger partial charge < -0.3 is 4.74 Å². The van der Waals surface area contributed by atoms with E-state index < -0.39 is 0 Å². The maximum absolute atomic E-state index is 5.44. The van der Waals surface area contributed by atoms with E-state index in [0.717, 1.165) is 28.9 Å². The van der Waals surface area contributed by atoms with Crippen molar-refractivity contribution >= 4 is 22.6 Å². The molecule has 0 aliphatic rings. The van der Waals surface area contributed by atoms with Crippen LogP contribution >= 0.6 is 22.6 Å². The average Bonchev–Trinajstić information content (AvgIpc) is 2.09. The monoisotopic (exact) mass is 277 g/mol. The van der Waals surface area contributed by atoms with Crippen LogP contribution in [0.15, 0.2) is 18.3 Å². The summed E-state index contributed by atoms with van der Waals surface area (Å²) in [5, 5.41) is 0. The second kappa shape index (κ2) is 5.35. The van der Waals surface area contributed by atoms with Gasteiger partial charge in [0.15, 0.2) is 0 Å². The molecular formula is C9H12INO. The van der Waals surface area contributed by atoms with Crippen molar-refractivity contribution in [3.8, 4) is 5.75 Å². The summed E-state index contributed by atoms with van der Waals surface area (Å²) in [4.78, 5) is 4.12. The summed E-state index contributed by atoms with van der Waals surface area (Å²) in [6.45, 7) is 2.94. The van der Waals surface area contributed by atoms with Crippen molar-refractivity contribution in [1.29, 1.82) is 0 Å². The van der Waals surface area contributed by atoms with E-state index in [1.807, 2.05) is 12.1 Å². The van der Waals surface area contributed by atoms with E-state index in [-0.39, 0.29) is 0 Å². The molecule has 0 amide bonds. The van der Waals surface area contributed by atoms with E-state index in [4.69, 9.17) is 4.74 Å². The van der Waals surface area contributed by atoms with Crippen LogP contribution in [0.4, 0.5) is 0 Å². The first-order valence-electron chi connectivity index (χ1n) is 4.07. The van der Waals surface area contributed by atoms with Gasteiger partial charge in [0, 0.05) is 0 Å². The van der Waals surface area contributed by atoms with Crippen molar-refractivity contribution in [3.05, 3.63) is 22.0 Å². The second-order valence-corrected chi connectivity index (χ2v) is 3.62. The molecule has 0 aliphatic heterocycles. The molecule has 2 nitrogen and oxygen atoms in total. The Morgan fingerprint density at radius 3 is 2.92 bits per heavy atom. The Kier molecular flexibility index (Phi) is 4.35. The van der Waals surface area contributed by atoms with Gasteiger partial charge in [-0.1, -0.05) is 13.3 Å². The van der Waals surface area contributed by atoms with E-state index >= 15 is 0 Å². The zero-order valence-electron chi connectivity index (χ0n) is 7.09. The fourth-order valence-electron chi connectivity index (χ4n) is 0.782. The lowest BCUT2D eigenvalue weighted by atomic mass is 10.4. The summed E-state index contributed by atoms with van der Waals surface area (Å²) in [5.74, 6) is 0.865. The van der Waals surface area contributed by atoms with Crippen LogP contribution in [-0.2, 0) is 0 Å². The van der Waals surface area contributed by atoms with Gasteiger partial charge in [-0.15, -0.1) is 0 Å². The first kappa shape index (κ1) is 9.77. The number of nitrogens with zero attached hydrogens (tertiary/aromatic N) is 1. The van der Waals surface area contributed by atoms with Crippen LogP contribution in [0.25, 0.3) is 0 Å². The van der Waals surface area contributed by atoms with E-state index in [0.29, 0.717) is 0 Å². The van der Waals surface area contributed by atoms with Gasteiger partial charge >= 0.3 is 0 Å². The average molecular weight is 277 g/mol. The summed E-state index contributed by atoms with van der Waals surface area (Å²) in [5.41, 5.74) is 0. The quantitative estimate of drug-likeness (QED) is 0.479. The van der Waals surface area contributed by atoms with Gasteiger partial charge in [0.2, 0.25) is 0 Å². The minimum absolute atomic E-state index is 0.790. The molecule has 0 bridgehead atoms. The predicted molar refractivity (Wildman–Crippen MR) is 57.4 cm³/mol. The number of hydrogen-bond acceptors (Lipinski definition) is 2. The topological polar surface area (TPSA) is 22.1 Å². The highest BCUT2D eigenvalue weighted by Crippen LogP contribution is 2.10. The van der Waals surface area contributed by atoms with Gasteiger partial charge in [0.1, 0.15) is 9.45 Å². The zero-order chi connectivity index (χ0) is 8.81. The number of unbranched alkanes of at least 4 members (excludes halogenated alkanes) is 1. The molecule has 0 aliphatic carbocycles. The molecule has 1 aromatic rings. The van der Waals surface area contributed by atoms with Gasteiger partial charge in [0.25, 0.3) is 0 Å². The van der Waals surface area contributed by atoms with Crippen molar-refractivity contribution in [2.45, 2.75) is 19.8 Å². The minimum atomic E-state index is 0.790. The van der Waals surface area contributed by atoms with Crippen LogP contribution in [-0.4, -0.2) is 11.6 Å². The third kappa shape index (κ3) is 3.38. The van der Waals surface area contributed by atoms with Gasteiger partial charge in [0.05, 0.1) is 12.8 Å². The molecule has 1 rings (SSSR count). The van der Waals surface area contributed by atoms with Crippen molar-refractivity contribution < 1.29 is 4.74 Å². The molecule has 1 heterocycles. The summed E-state index contributed by atoms with van der Waals surface area (Å²) < 4.78 is 6.43. The smallest absolute Gasteiger partial charge is 0.137 e. The number of halogens is 1. The predicted octanol–water partition coefficient (Wildman–Crippen LogP) is 2.87. The minimum Gasteiger partial charge on any atom is -0.492 e. The van der Waals surface area contributed by atoms with Gasteiger partial charge in [-0.05, 0) is 41.1 Å². The lowest BCUT2D eigenvalue weighted by Gasteiger charge is -2.03. The van der Waals surface area contributed by atoms with Gasteiger partial charge in [-0.3, -0.25) is 0 Å². The molecule has 0 aromatic carbocycles. The van der Waals surface area contributed by atoms with Gasteiger partial charge in [-0.25, -0.2) is 4.98 Å². The van der Waals surface area contributed by atoms with Crippen LogP contribution in [0.3, 0.4) is 0 Å². The summed E-state index contributed by atoms with van der Waals surface area (Å²) in [7, 11) is 0. The molecule has 0 radical (unpaired) electrons. The Morgan fingerprint density at radius 2 is 2.33 bits per heavy atom. The molecule has 1 aromatic heterocycles. The Labute approximate surface area is 86.5 Å². The first-order chi connectivity index (χ1) is 5.83. The third-order valence-corrected chi connectivity index (χ3v) is 2.10. The number of pyridine rings is 1. The fraction of sp³-hybridized carbons (Fsp3) is 0.444. The Bertz CT molecular complexity index is 222. The van der Waals surface area contributed by atoms with Crippen LogP contribution in [0, 0.1) is 3.70 Å². The zero-order valence-corrected chi connectivity index (χ0v) is 9.24. The Hall–Kier alpha value is -0.320. The van der Waals surface area contributed by atoms with E-state index in [2.05, 4.69) is 34.5 Å². The molecule has 0 fully saturated rings. The van der Waals surface area contributed by atoms with Crippen LogP contribution < -0.4 is 4.74 Å². The van der Waals surface area contributed by atoms with Crippen molar-refractivity contribution in [2.24, 2.45) is 0 Å². The largest absolute Gasteiger partial charge is 0.492 e. The number of ether oxygens (including phenoxy) is 1. The lowest BCUT2D eigenvalue weighted by molar-refractivity contribution is 0.308. The Morgan fingerprint density at radius 1 is 1.50 bits per heavy atom. The summed E-state index contributed by atoms with van der Waals surface area (Å²) in [6, 6.07) is 3.90. The fourth-order valence-corrected chi connectivity index (χ4v) is 1.10. The lowest BCUT2D eigenvalue weighted by Crippen LogP contribution is -1.96. The molecule has 0 spiro atoms. The van der Waals surface area contributed by atoms with E-state index in [1.165, 1.54) is 0 Å². The van der Waals surface area contributed by atoms with Crippen molar-refractivity contribution in [1.82, 2.24) is 4.98 Å². The third-order valence-electron chi connectivity index (χ3n) is 1.47. The maximum atomic E-state index is 5.44. The molecule has 0 saturated heterocycles. The van der Waals surface area contributed by atoms with Crippen molar-refractivity contribution in [2.75, 3.05) is 6.61 Å². The number of aromatic nitrogens is 1. The summed E-state index contributed by atoms with van der Waals surface area (Å²) in [6.07, 6.45) is 4.03. The van der Waals surface area contributed by atoms with Crippen LogP contribution in [0.1, 0.15) is 19.8 Å². The molecule has 0 atom stereocenters. The SMILES string of the molecule is CCCCOc1ccc(I)nc1. The molecule has 3 heteroatoms. The van der Waals surface area contributed by atoms with Crippen molar-refractivity contribution in [3.63, 3.8) is 0 Å². The molecule has 0 saturated carbocycles. The second-order valence-electron chi connectivity index (χ2n) is 2.52. The van der Waals surface area contributed by atoms with Gasteiger partial charge in [-0.2, -0.15) is 0 Å². The van der Waals surface area contributed by atoms with E-state index in [9.17, 15) is 0 Å². The highest BCUT2D eigenvalue weighted by atomic mass is 127. The molecule has 0 unspecified atom stereocenters. The normalized spacial score (nSPS) is 9.83. The molecule has 0 N–H and O–H groups in total. The van der Waals surface area contributed by atoms with Crippen LogP contribution in [0.5, 0.6) is 5.75 Å². The van der Waals surface area contributed by atoms with Crippen LogP contribution in [0.2, 0.25) is 0 Å².